The Bertz CT molecular complexity index is 432. The van der Waals surface area contributed by atoms with Crippen LogP contribution in [0.15, 0.2) is 0 Å². The predicted molar refractivity (Wildman–Crippen MR) is 104 cm³/mol. The van der Waals surface area contributed by atoms with Crippen molar-refractivity contribution in [3.63, 3.8) is 0 Å². The highest BCUT2D eigenvalue weighted by molar-refractivity contribution is 5.06. The van der Waals surface area contributed by atoms with Crippen LogP contribution in [0.1, 0.15) is 93.4 Å². The summed E-state index contributed by atoms with van der Waals surface area (Å²) in [6.45, 7) is 14.0. The van der Waals surface area contributed by atoms with Crippen molar-refractivity contribution in [1.82, 2.24) is 0 Å². The van der Waals surface area contributed by atoms with E-state index in [1.807, 2.05) is 41.5 Å². The fourth-order valence-electron chi connectivity index (χ4n) is 2.80. The summed E-state index contributed by atoms with van der Waals surface area (Å²) in [6.07, 6.45) is 19.5. The summed E-state index contributed by atoms with van der Waals surface area (Å²) in [5.41, 5.74) is -1.76. The molecule has 0 aliphatic heterocycles. The SMILES string of the molecule is C#CC(C)(C)OC(CCCCCCCC)C(C)(C)OC(C)(C)C#C. The summed E-state index contributed by atoms with van der Waals surface area (Å²) < 4.78 is 12.4. The average Bonchev–Trinajstić information content (AvgIpc) is 2.48. The maximum atomic E-state index is 6.24. The number of hydrogen-bond acceptors (Lipinski definition) is 2. The Morgan fingerprint density at radius 2 is 1.29 bits per heavy atom. The van der Waals surface area contributed by atoms with Gasteiger partial charge in [-0.15, -0.1) is 12.8 Å². The lowest BCUT2D eigenvalue weighted by Crippen LogP contribution is -2.49. The van der Waals surface area contributed by atoms with E-state index in [0.29, 0.717) is 0 Å². The van der Waals surface area contributed by atoms with Crippen LogP contribution in [0, 0.1) is 24.7 Å². The zero-order valence-electron chi connectivity index (χ0n) is 17.0. The number of unbranched alkanes of at least 4 members (excludes halogenated alkanes) is 5. The molecule has 1 atom stereocenters. The molecule has 0 rings (SSSR count). The molecule has 138 valence electrons. The second-order valence-corrected chi connectivity index (χ2v) is 8.18. The fourth-order valence-corrected chi connectivity index (χ4v) is 2.80. The Balaban J connectivity index is 4.87. The highest BCUT2D eigenvalue weighted by atomic mass is 16.6. The van der Waals surface area contributed by atoms with Crippen LogP contribution < -0.4 is 0 Å². The summed E-state index contributed by atoms with van der Waals surface area (Å²) in [6, 6.07) is 0. The molecule has 0 saturated heterocycles. The first-order valence-corrected chi connectivity index (χ1v) is 9.33. The second kappa shape index (κ2) is 10.1. The van der Waals surface area contributed by atoms with Gasteiger partial charge < -0.3 is 9.47 Å². The van der Waals surface area contributed by atoms with Gasteiger partial charge in [0.2, 0.25) is 0 Å². The topological polar surface area (TPSA) is 18.5 Å². The van der Waals surface area contributed by atoms with Gasteiger partial charge >= 0.3 is 0 Å². The van der Waals surface area contributed by atoms with Gasteiger partial charge in [0.05, 0.1) is 11.7 Å². The molecule has 0 aliphatic carbocycles. The minimum atomic E-state index is -0.632. The fraction of sp³-hybridized carbons (Fsp3) is 0.818. The van der Waals surface area contributed by atoms with Gasteiger partial charge in [0.25, 0.3) is 0 Å². The standard InChI is InChI=1S/C22H38O2/c1-10-13-14-15-16-17-18-19(23-20(4,5)11-2)22(8,9)24-21(6,7)12-3/h2-3,19H,10,13-18H2,1,4-9H3. The number of ether oxygens (including phenoxy) is 2. The van der Waals surface area contributed by atoms with E-state index in [-0.39, 0.29) is 6.10 Å². The van der Waals surface area contributed by atoms with E-state index in [1.54, 1.807) is 0 Å². The maximum Gasteiger partial charge on any atom is 0.123 e. The Kier molecular flexibility index (Phi) is 9.72. The van der Waals surface area contributed by atoms with Crippen LogP contribution in [-0.4, -0.2) is 22.9 Å². The van der Waals surface area contributed by atoms with Crippen molar-refractivity contribution in [3.05, 3.63) is 0 Å². The number of hydrogen-bond donors (Lipinski definition) is 0. The quantitative estimate of drug-likeness (QED) is 0.334. The normalized spacial score (nSPS) is 14.0. The van der Waals surface area contributed by atoms with Gasteiger partial charge in [-0.05, 0) is 48.0 Å². The molecule has 0 aromatic heterocycles. The van der Waals surface area contributed by atoms with E-state index >= 15 is 0 Å². The highest BCUT2D eigenvalue weighted by Gasteiger charge is 2.38. The lowest BCUT2D eigenvalue weighted by Gasteiger charge is -2.41. The summed E-state index contributed by atoms with van der Waals surface area (Å²) >= 11 is 0. The van der Waals surface area contributed by atoms with Crippen molar-refractivity contribution in [2.45, 2.75) is 116 Å². The lowest BCUT2D eigenvalue weighted by atomic mass is 9.93. The van der Waals surface area contributed by atoms with Crippen molar-refractivity contribution >= 4 is 0 Å². The zero-order chi connectivity index (χ0) is 18.9. The van der Waals surface area contributed by atoms with Gasteiger partial charge in [0, 0.05) is 0 Å². The van der Waals surface area contributed by atoms with E-state index in [2.05, 4.69) is 18.8 Å². The van der Waals surface area contributed by atoms with Crippen LogP contribution in [0.25, 0.3) is 0 Å². The summed E-state index contributed by atoms with van der Waals surface area (Å²) in [7, 11) is 0. The monoisotopic (exact) mass is 334 g/mol. The lowest BCUT2D eigenvalue weighted by molar-refractivity contribution is -0.190. The van der Waals surface area contributed by atoms with Crippen LogP contribution in [0.3, 0.4) is 0 Å². The van der Waals surface area contributed by atoms with Gasteiger partial charge in [-0.2, -0.15) is 0 Å². The van der Waals surface area contributed by atoms with E-state index in [4.69, 9.17) is 22.3 Å². The molecule has 2 heteroatoms. The van der Waals surface area contributed by atoms with Crippen LogP contribution >= 0.6 is 0 Å². The van der Waals surface area contributed by atoms with Crippen LogP contribution in [0.4, 0.5) is 0 Å². The van der Waals surface area contributed by atoms with E-state index in [1.165, 1.54) is 32.1 Å². The molecule has 0 fully saturated rings. The summed E-state index contributed by atoms with van der Waals surface area (Å²) in [4.78, 5) is 0. The molecule has 0 aromatic carbocycles. The van der Waals surface area contributed by atoms with Crippen LogP contribution in [0.5, 0.6) is 0 Å². The smallest absolute Gasteiger partial charge is 0.123 e. The molecular weight excluding hydrogens is 296 g/mol. The van der Waals surface area contributed by atoms with E-state index in [9.17, 15) is 0 Å². The molecule has 0 N–H and O–H groups in total. The molecule has 0 spiro atoms. The first kappa shape index (κ1) is 23.0. The molecule has 0 aromatic rings. The van der Waals surface area contributed by atoms with Crippen molar-refractivity contribution in [3.8, 4) is 24.7 Å². The minimum absolute atomic E-state index is 0.0950. The third-order valence-electron chi connectivity index (χ3n) is 4.25. The second-order valence-electron chi connectivity index (χ2n) is 8.18. The maximum absolute atomic E-state index is 6.24. The van der Waals surface area contributed by atoms with Crippen molar-refractivity contribution in [2.75, 3.05) is 0 Å². The average molecular weight is 335 g/mol. The van der Waals surface area contributed by atoms with Crippen LogP contribution in [0.2, 0.25) is 0 Å². The van der Waals surface area contributed by atoms with Gasteiger partial charge in [-0.3, -0.25) is 0 Å². The molecule has 0 radical (unpaired) electrons. The predicted octanol–water partition coefficient (Wildman–Crippen LogP) is 5.74. The molecule has 0 saturated carbocycles. The highest BCUT2D eigenvalue weighted by Crippen LogP contribution is 2.31. The molecule has 0 bridgehead atoms. The molecule has 2 nitrogen and oxygen atoms in total. The Morgan fingerprint density at radius 3 is 1.79 bits per heavy atom. The zero-order valence-corrected chi connectivity index (χ0v) is 17.0. The van der Waals surface area contributed by atoms with Crippen molar-refractivity contribution < 1.29 is 9.47 Å². The van der Waals surface area contributed by atoms with Crippen LogP contribution in [-0.2, 0) is 9.47 Å². The summed E-state index contributed by atoms with van der Waals surface area (Å²) in [5.74, 6) is 5.42. The third-order valence-corrected chi connectivity index (χ3v) is 4.25. The van der Waals surface area contributed by atoms with Crippen molar-refractivity contribution in [1.29, 1.82) is 0 Å². The first-order chi connectivity index (χ1) is 11.0. The van der Waals surface area contributed by atoms with E-state index < -0.39 is 16.8 Å². The molecule has 0 heterocycles. The molecule has 0 amide bonds. The summed E-state index contributed by atoms with van der Waals surface area (Å²) in [5, 5.41) is 0. The van der Waals surface area contributed by atoms with Crippen molar-refractivity contribution in [2.24, 2.45) is 0 Å². The molecule has 0 aliphatic rings. The van der Waals surface area contributed by atoms with Gasteiger partial charge in [-0.1, -0.05) is 57.3 Å². The third kappa shape index (κ3) is 9.36. The minimum Gasteiger partial charge on any atom is -0.357 e. The number of rotatable bonds is 12. The largest absolute Gasteiger partial charge is 0.357 e. The first-order valence-electron chi connectivity index (χ1n) is 9.33. The molecule has 24 heavy (non-hydrogen) atoms. The molecular formula is C22H38O2. The number of terminal acetylenes is 2. The van der Waals surface area contributed by atoms with Gasteiger partial charge in [0.1, 0.15) is 11.2 Å². The van der Waals surface area contributed by atoms with Gasteiger partial charge in [-0.25, -0.2) is 0 Å². The Labute approximate surface area is 151 Å². The Hall–Kier alpha value is -0.960. The van der Waals surface area contributed by atoms with E-state index in [0.717, 1.165) is 12.8 Å². The van der Waals surface area contributed by atoms with Gasteiger partial charge in [0.15, 0.2) is 0 Å². The molecule has 1 unspecified atom stereocenters. The Morgan fingerprint density at radius 1 is 0.792 bits per heavy atom.